The molecular weight excluding hydrogens is 224 g/mol. The summed E-state index contributed by atoms with van der Waals surface area (Å²) in [6.07, 6.45) is 1.30. The van der Waals surface area contributed by atoms with Gasteiger partial charge in [0.1, 0.15) is 0 Å². The van der Waals surface area contributed by atoms with E-state index in [0.717, 1.165) is 5.56 Å². The van der Waals surface area contributed by atoms with Crippen molar-refractivity contribution in [2.75, 3.05) is 0 Å². The number of carbonyl (C=O) groups is 1. The normalized spacial score (nSPS) is 13.2. The summed E-state index contributed by atoms with van der Waals surface area (Å²) in [4.78, 5) is 12.2. The molecule has 3 heteroatoms. The molecule has 1 aromatic rings. The second kappa shape index (κ2) is 6.01. The molecule has 0 radical (unpaired) electrons. The van der Waals surface area contributed by atoms with Crippen LogP contribution in [0.5, 0.6) is 0 Å². The first-order chi connectivity index (χ1) is 8.42. The maximum Gasteiger partial charge on any atom is 0.240 e. The Morgan fingerprint density at radius 1 is 1.39 bits per heavy atom. The molecule has 0 aliphatic carbocycles. The van der Waals surface area contributed by atoms with Gasteiger partial charge in [0, 0.05) is 0 Å². The quantitative estimate of drug-likeness (QED) is 0.841. The first-order valence-corrected chi connectivity index (χ1v) is 6.59. The predicted octanol–water partition coefficient (Wildman–Crippen LogP) is 2.69. The highest BCUT2D eigenvalue weighted by Gasteiger charge is 2.30. The SMILES string of the molecule is CCC(N)(CC)C(=O)N[C@@H](C)c1cccc(C)c1. The molecule has 0 aliphatic rings. The van der Waals surface area contributed by atoms with E-state index in [1.165, 1.54) is 5.56 Å². The first-order valence-electron chi connectivity index (χ1n) is 6.59. The van der Waals surface area contributed by atoms with Crippen LogP contribution >= 0.6 is 0 Å². The lowest BCUT2D eigenvalue weighted by atomic mass is 9.92. The third-order valence-electron chi connectivity index (χ3n) is 3.60. The molecule has 0 aromatic heterocycles. The maximum atomic E-state index is 12.2. The molecule has 3 N–H and O–H groups in total. The van der Waals surface area contributed by atoms with Crippen LogP contribution in [0.4, 0.5) is 0 Å². The first kappa shape index (κ1) is 14.7. The molecule has 0 saturated carbocycles. The second-order valence-electron chi connectivity index (χ2n) is 4.97. The Bertz CT molecular complexity index is 411. The highest BCUT2D eigenvalue weighted by atomic mass is 16.2. The molecule has 18 heavy (non-hydrogen) atoms. The van der Waals surface area contributed by atoms with Crippen LogP contribution in [0.25, 0.3) is 0 Å². The van der Waals surface area contributed by atoms with Gasteiger partial charge in [0.2, 0.25) is 5.91 Å². The molecule has 1 rings (SSSR count). The van der Waals surface area contributed by atoms with Gasteiger partial charge in [0.15, 0.2) is 0 Å². The molecule has 1 atom stereocenters. The highest BCUT2D eigenvalue weighted by molar-refractivity contribution is 5.86. The number of rotatable bonds is 5. The number of amides is 1. The number of hydrogen-bond donors (Lipinski definition) is 2. The van der Waals surface area contributed by atoms with E-state index in [1.54, 1.807) is 0 Å². The van der Waals surface area contributed by atoms with Crippen molar-refractivity contribution in [3.05, 3.63) is 35.4 Å². The fourth-order valence-corrected chi connectivity index (χ4v) is 1.93. The third-order valence-corrected chi connectivity index (χ3v) is 3.60. The van der Waals surface area contributed by atoms with Crippen LogP contribution in [0.15, 0.2) is 24.3 Å². The standard InChI is InChI=1S/C15H24N2O/c1-5-15(16,6-2)14(18)17-12(4)13-9-7-8-11(3)10-13/h7-10,12H,5-6,16H2,1-4H3,(H,17,18)/t12-/m0/s1. The average molecular weight is 248 g/mol. The zero-order chi connectivity index (χ0) is 13.8. The van der Waals surface area contributed by atoms with Gasteiger partial charge in [-0.05, 0) is 32.3 Å². The Morgan fingerprint density at radius 2 is 2.00 bits per heavy atom. The van der Waals surface area contributed by atoms with E-state index < -0.39 is 5.54 Å². The molecule has 1 aromatic carbocycles. The molecule has 0 aliphatic heterocycles. The maximum absolute atomic E-state index is 12.2. The second-order valence-corrected chi connectivity index (χ2v) is 4.97. The highest BCUT2D eigenvalue weighted by Crippen LogP contribution is 2.17. The topological polar surface area (TPSA) is 55.1 Å². The predicted molar refractivity (Wildman–Crippen MR) is 75.2 cm³/mol. The van der Waals surface area contributed by atoms with Crippen LogP contribution in [-0.4, -0.2) is 11.4 Å². The van der Waals surface area contributed by atoms with Crippen molar-refractivity contribution in [1.29, 1.82) is 0 Å². The molecule has 0 heterocycles. The van der Waals surface area contributed by atoms with Crippen molar-refractivity contribution in [3.8, 4) is 0 Å². The van der Waals surface area contributed by atoms with Crippen molar-refractivity contribution >= 4 is 5.91 Å². The van der Waals surface area contributed by atoms with Gasteiger partial charge in [-0.25, -0.2) is 0 Å². The largest absolute Gasteiger partial charge is 0.348 e. The van der Waals surface area contributed by atoms with Gasteiger partial charge in [0.25, 0.3) is 0 Å². The third kappa shape index (κ3) is 3.33. The Labute approximate surface area is 110 Å². The summed E-state index contributed by atoms with van der Waals surface area (Å²) in [5.74, 6) is -0.0680. The number of nitrogens with two attached hydrogens (primary N) is 1. The molecule has 0 bridgehead atoms. The zero-order valence-corrected chi connectivity index (χ0v) is 11.8. The smallest absolute Gasteiger partial charge is 0.240 e. The minimum Gasteiger partial charge on any atom is -0.348 e. The number of hydrogen-bond acceptors (Lipinski definition) is 2. The van der Waals surface area contributed by atoms with E-state index in [9.17, 15) is 4.79 Å². The fraction of sp³-hybridized carbons (Fsp3) is 0.533. The van der Waals surface area contributed by atoms with Crippen LogP contribution in [0, 0.1) is 6.92 Å². The molecule has 3 nitrogen and oxygen atoms in total. The molecule has 0 unspecified atom stereocenters. The lowest BCUT2D eigenvalue weighted by molar-refractivity contribution is -0.127. The van der Waals surface area contributed by atoms with E-state index in [4.69, 9.17) is 5.73 Å². The van der Waals surface area contributed by atoms with Gasteiger partial charge >= 0.3 is 0 Å². The van der Waals surface area contributed by atoms with E-state index in [2.05, 4.69) is 11.4 Å². The Hall–Kier alpha value is -1.35. The number of benzene rings is 1. The Morgan fingerprint density at radius 3 is 2.50 bits per heavy atom. The zero-order valence-electron chi connectivity index (χ0n) is 11.8. The molecule has 1 amide bonds. The fourth-order valence-electron chi connectivity index (χ4n) is 1.93. The molecule has 100 valence electrons. The van der Waals surface area contributed by atoms with Crippen LogP contribution in [-0.2, 0) is 4.79 Å². The summed E-state index contributed by atoms with van der Waals surface area (Å²) >= 11 is 0. The van der Waals surface area contributed by atoms with Crippen molar-refractivity contribution in [3.63, 3.8) is 0 Å². The van der Waals surface area contributed by atoms with Crippen molar-refractivity contribution in [2.24, 2.45) is 5.73 Å². The molecular formula is C15H24N2O. The summed E-state index contributed by atoms with van der Waals surface area (Å²) in [6.45, 7) is 7.92. The van der Waals surface area contributed by atoms with Gasteiger partial charge < -0.3 is 11.1 Å². The molecule has 0 fully saturated rings. The number of nitrogens with one attached hydrogen (secondary N) is 1. The summed E-state index contributed by atoms with van der Waals surface area (Å²) < 4.78 is 0. The average Bonchev–Trinajstić information content (AvgIpc) is 2.37. The summed E-state index contributed by atoms with van der Waals surface area (Å²) in [7, 11) is 0. The Balaban J connectivity index is 2.76. The lowest BCUT2D eigenvalue weighted by Crippen LogP contribution is -2.53. The minimum atomic E-state index is -0.752. The number of aryl methyl sites for hydroxylation is 1. The molecule has 0 spiro atoms. The van der Waals surface area contributed by atoms with E-state index in [-0.39, 0.29) is 11.9 Å². The lowest BCUT2D eigenvalue weighted by Gasteiger charge is -2.27. The van der Waals surface area contributed by atoms with Gasteiger partial charge in [0.05, 0.1) is 11.6 Å². The number of carbonyl (C=O) groups excluding carboxylic acids is 1. The van der Waals surface area contributed by atoms with Crippen LogP contribution < -0.4 is 11.1 Å². The summed E-state index contributed by atoms with van der Waals surface area (Å²) in [5, 5.41) is 3.00. The monoisotopic (exact) mass is 248 g/mol. The van der Waals surface area contributed by atoms with E-state index >= 15 is 0 Å². The van der Waals surface area contributed by atoms with Crippen LogP contribution in [0.3, 0.4) is 0 Å². The van der Waals surface area contributed by atoms with Crippen LogP contribution in [0.1, 0.15) is 50.8 Å². The summed E-state index contributed by atoms with van der Waals surface area (Å²) in [6, 6.07) is 8.14. The summed E-state index contributed by atoms with van der Waals surface area (Å²) in [5.41, 5.74) is 7.63. The van der Waals surface area contributed by atoms with Crippen molar-refractivity contribution in [1.82, 2.24) is 5.32 Å². The van der Waals surface area contributed by atoms with Crippen LogP contribution in [0.2, 0.25) is 0 Å². The minimum absolute atomic E-state index is 0.0153. The van der Waals surface area contributed by atoms with Crippen molar-refractivity contribution < 1.29 is 4.79 Å². The van der Waals surface area contributed by atoms with E-state index in [0.29, 0.717) is 12.8 Å². The molecule has 0 saturated heterocycles. The van der Waals surface area contributed by atoms with Gasteiger partial charge in [-0.3, -0.25) is 4.79 Å². The Kier molecular flexibility index (Phi) is 4.91. The van der Waals surface area contributed by atoms with Gasteiger partial charge in [-0.1, -0.05) is 43.7 Å². The van der Waals surface area contributed by atoms with Crippen molar-refractivity contribution in [2.45, 2.75) is 52.1 Å². The van der Waals surface area contributed by atoms with Gasteiger partial charge in [-0.15, -0.1) is 0 Å². The van der Waals surface area contributed by atoms with E-state index in [1.807, 2.05) is 45.9 Å². The van der Waals surface area contributed by atoms with Gasteiger partial charge in [-0.2, -0.15) is 0 Å².